The number of carbonyl (C=O) groups is 1. The Labute approximate surface area is 95.0 Å². The van der Waals surface area contributed by atoms with Gasteiger partial charge in [-0.3, -0.25) is 4.79 Å². The Hall–Kier alpha value is -1.83. The Morgan fingerprint density at radius 3 is 2.88 bits per heavy atom. The van der Waals surface area contributed by atoms with Gasteiger partial charge in [0.2, 0.25) is 5.89 Å². The molecule has 0 saturated carbocycles. The molecule has 1 amide bonds. The quantitative estimate of drug-likeness (QED) is 0.836. The predicted molar refractivity (Wildman–Crippen MR) is 54.9 cm³/mol. The Bertz CT molecular complexity index is 506. The molecule has 8 heteroatoms. The molecule has 0 aliphatic heterocycles. The van der Waals surface area contributed by atoms with Crippen molar-refractivity contribution in [3.63, 3.8) is 0 Å². The Morgan fingerprint density at radius 1 is 1.50 bits per heavy atom. The lowest BCUT2D eigenvalue weighted by Gasteiger charge is -1.98. The molecule has 2 heterocycles. The lowest BCUT2D eigenvalue weighted by atomic mass is 10.4. The molecular weight excluding hydrogens is 230 g/mol. The fourth-order valence-corrected chi connectivity index (χ4v) is 1.66. The van der Waals surface area contributed by atoms with E-state index in [1.807, 2.05) is 0 Å². The minimum Gasteiger partial charge on any atom is -0.342 e. The lowest BCUT2D eigenvalue weighted by Crippen LogP contribution is -2.22. The molecule has 2 aromatic rings. The van der Waals surface area contributed by atoms with Crippen molar-refractivity contribution in [1.82, 2.24) is 25.0 Å². The Balaban J connectivity index is 1.96. The molecule has 16 heavy (non-hydrogen) atoms. The first-order valence-electron chi connectivity index (χ1n) is 4.53. The van der Waals surface area contributed by atoms with Crippen molar-refractivity contribution < 1.29 is 9.32 Å². The summed E-state index contributed by atoms with van der Waals surface area (Å²) in [5.74, 6) is 0.684. The molecule has 0 aliphatic carbocycles. The maximum absolute atomic E-state index is 11.6. The first kappa shape index (κ1) is 10.7. The van der Waals surface area contributed by atoms with E-state index >= 15 is 0 Å². The number of hydrogen-bond donors (Lipinski definition) is 1. The van der Waals surface area contributed by atoms with Crippen LogP contribution in [0.1, 0.15) is 27.1 Å². The maximum atomic E-state index is 11.6. The summed E-state index contributed by atoms with van der Waals surface area (Å²) >= 11 is 1.06. The topological polar surface area (TPSA) is 93.8 Å². The van der Waals surface area contributed by atoms with E-state index in [0.717, 1.165) is 11.5 Å². The van der Waals surface area contributed by atoms with Crippen molar-refractivity contribution in [1.29, 1.82) is 0 Å². The Kier molecular flexibility index (Phi) is 2.91. The summed E-state index contributed by atoms with van der Waals surface area (Å²) < 4.78 is 8.54. The first-order valence-corrected chi connectivity index (χ1v) is 5.30. The average Bonchev–Trinajstić information content (AvgIpc) is 2.84. The van der Waals surface area contributed by atoms with Crippen LogP contribution >= 0.6 is 11.5 Å². The van der Waals surface area contributed by atoms with Gasteiger partial charge >= 0.3 is 0 Å². The van der Waals surface area contributed by atoms with Crippen LogP contribution in [0, 0.1) is 13.8 Å². The number of hydrogen-bond acceptors (Lipinski definition) is 7. The van der Waals surface area contributed by atoms with Gasteiger partial charge in [0.25, 0.3) is 5.91 Å². The number of nitrogens with zero attached hydrogens (tertiary/aromatic N) is 4. The molecule has 0 fully saturated rings. The first-order chi connectivity index (χ1) is 7.66. The molecule has 0 spiro atoms. The van der Waals surface area contributed by atoms with E-state index in [2.05, 4.69) is 25.0 Å². The van der Waals surface area contributed by atoms with E-state index < -0.39 is 0 Å². The van der Waals surface area contributed by atoms with Crippen LogP contribution in [-0.4, -0.2) is 25.6 Å². The SMILES string of the molecule is Cc1noc(CNC(=O)c2snnc2C)n1. The molecule has 84 valence electrons. The lowest BCUT2D eigenvalue weighted by molar-refractivity contribution is 0.0949. The molecular formula is C8H9N5O2S. The van der Waals surface area contributed by atoms with Gasteiger partial charge in [-0.1, -0.05) is 9.64 Å². The normalized spacial score (nSPS) is 10.4. The van der Waals surface area contributed by atoms with E-state index in [4.69, 9.17) is 4.52 Å². The smallest absolute Gasteiger partial charge is 0.265 e. The van der Waals surface area contributed by atoms with Crippen molar-refractivity contribution in [2.45, 2.75) is 20.4 Å². The molecule has 0 bridgehead atoms. The molecule has 2 aromatic heterocycles. The highest BCUT2D eigenvalue weighted by Crippen LogP contribution is 2.08. The van der Waals surface area contributed by atoms with Gasteiger partial charge in [0.1, 0.15) is 4.88 Å². The molecule has 0 aromatic carbocycles. The molecule has 0 atom stereocenters. The third-order valence-electron chi connectivity index (χ3n) is 1.83. The standard InChI is InChI=1S/C8H9N5O2S/c1-4-7(16-13-11-4)8(14)9-3-6-10-5(2)12-15-6/h3H2,1-2H3,(H,9,14). The number of rotatable bonds is 3. The second kappa shape index (κ2) is 4.35. The highest BCUT2D eigenvalue weighted by molar-refractivity contribution is 7.07. The zero-order valence-corrected chi connectivity index (χ0v) is 9.54. The van der Waals surface area contributed by atoms with Gasteiger partial charge < -0.3 is 9.84 Å². The molecule has 1 N–H and O–H groups in total. The number of amides is 1. The molecule has 0 radical (unpaired) electrons. The van der Waals surface area contributed by atoms with Gasteiger partial charge in [0.05, 0.1) is 12.2 Å². The fraction of sp³-hybridized carbons (Fsp3) is 0.375. The zero-order chi connectivity index (χ0) is 11.5. The van der Waals surface area contributed by atoms with Crippen molar-refractivity contribution in [2.75, 3.05) is 0 Å². The highest BCUT2D eigenvalue weighted by atomic mass is 32.1. The zero-order valence-electron chi connectivity index (χ0n) is 8.72. The Morgan fingerprint density at radius 2 is 2.31 bits per heavy atom. The van der Waals surface area contributed by atoms with Crippen molar-refractivity contribution >= 4 is 17.4 Å². The number of aryl methyl sites for hydroxylation is 2. The van der Waals surface area contributed by atoms with E-state index in [0.29, 0.717) is 22.3 Å². The van der Waals surface area contributed by atoms with Crippen LogP contribution in [0.3, 0.4) is 0 Å². The minimum absolute atomic E-state index is 0.205. The minimum atomic E-state index is -0.233. The summed E-state index contributed by atoms with van der Waals surface area (Å²) in [6.07, 6.45) is 0. The monoisotopic (exact) mass is 239 g/mol. The molecule has 2 rings (SSSR count). The fourth-order valence-electron chi connectivity index (χ4n) is 1.09. The van der Waals surface area contributed by atoms with E-state index in [-0.39, 0.29) is 12.5 Å². The summed E-state index contributed by atoms with van der Waals surface area (Å²) in [5.41, 5.74) is 0.615. The number of aromatic nitrogens is 4. The average molecular weight is 239 g/mol. The van der Waals surface area contributed by atoms with E-state index in [9.17, 15) is 4.79 Å². The molecule has 0 unspecified atom stereocenters. The van der Waals surface area contributed by atoms with E-state index in [1.54, 1.807) is 13.8 Å². The van der Waals surface area contributed by atoms with Crippen LogP contribution in [0.4, 0.5) is 0 Å². The van der Waals surface area contributed by atoms with Crippen LogP contribution in [0.5, 0.6) is 0 Å². The third kappa shape index (κ3) is 2.22. The largest absolute Gasteiger partial charge is 0.342 e. The van der Waals surface area contributed by atoms with Gasteiger partial charge in [0, 0.05) is 0 Å². The van der Waals surface area contributed by atoms with Gasteiger partial charge in [-0.25, -0.2) is 0 Å². The second-order valence-corrected chi connectivity index (χ2v) is 3.86. The molecule has 0 saturated heterocycles. The number of carbonyl (C=O) groups excluding carboxylic acids is 1. The van der Waals surface area contributed by atoms with Crippen LogP contribution in [-0.2, 0) is 6.54 Å². The highest BCUT2D eigenvalue weighted by Gasteiger charge is 2.13. The summed E-state index contributed by atoms with van der Waals surface area (Å²) in [6.45, 7) is 3.65. The van der Waals surface area contributed by atoms with Crippen LogP contribution in [0.25, 0.3) is 0 Å². The van der Waals surface area contributed by atoms with Gasteiger partial charge in [-0.2, -0.15) is 4.98 Å². The van der Waals surface area contributed by atoms with Gasteiger partial charge in [-0.05, 0) is 25.4 Å². The van der Waals surface area contributed by atoms with Crippen molar-refractivity contribution in [3.8, 4) is 0 Å². The predicted octanol–water partition coefficient (Wildman–Crippen LogP) is 0.468. The molecule has 0 aliphatic rings. The number of nitrogens with one attached hydrogen (secondary N) is 1. The summed E-state index contributed by atoms with van der Waals surface area (Å²) in [5, 5.41) is 10.0. The van der Waals surface area contributed by atoms with Crippen LogP contribution in [0.15, 0.2) is 4.52 Å². The summed E-state index contributed by atoms with van der Waals surface area (Å²) in [6, 6.07) is 0. The van der Waals surface area contributed by atoms with Crippen molar-refractivity contribution in [2.24, 2.45) is 0 Å². The van der Waals surface area contributed by atoms with Crippen LogP contribution in [0.2, 0.25) is 0 Å². The maximum Gasteiger partial charge on any atom is 0.265 e. The van der Waals surface area contributed by atoms with Gasteiger partial charge in [0.15, 0.2) is 5.82 Å². The molecule has 7 nitrogen and oxygen atoms in total. The van der Waals surface area contributed by atoms with E-state index in [1.165, 1.54) is 0 Å². The summed E-state index contributed by atoms with van der Waals surface area (Å²) in [4.78, 5) is 16.1. The third-order valence-corrected chi connectivity index (χ3v) is 2.65. The van der Waals surface area contributed by atoms with Crippen molar-refractivity contribution in [3.05, 3.63) is 22.3 Å². The second-order valence-electron chi connectivity index (χ2n) is 3.11. The summed E-state index contributed by atoms with van der Waals surface area (Å²) in [7, 11) is 0. The van der Waals surface area contributed by atoms with Crippen LogP contribution < -0.4 is 5.32 Å². The van der Waals surface area contributed by atoms with Gasteiger partial charge in [-0.15, -0.1) is 5.10 Å².